The highest BCUT2D eigenvalue weighted by Gasteiger charge is 2.29. The molecule has 8 heteroatoms. The first-order chi connectivity index (χ1) is 11.2. The van der Waals surface area contributed by atoms with Gasteiger partial charge in [-0.2, -0.15) is 5.10 Å². The third-order valence-electron chi connectivity index (χ3n) is 3.55. The van der Waals surface area contributed by atoms with Crippen molar-refractivity contribution < 1.29 is 14.2 Å². The average molecular weight is 317 g/mol. The topological polar surface area (TPSA) is 94.5 Å². The van der Waals surface area contributed by atoms with Crippen LogP contribution < -0.4 is 5.32 Å². The average Bonchev–Trinajstić information content (AvgIpc) is 3.25. The normalized spacial score (nSPS) is 17.0. The summed E-state index contributed by atoms with van der Waals surface area (Å²) >= 11 is 0. The van der Waals surface area contributed by atoms with E-state index in [1.54, 1.807) is 10.9 Å². The lowest BCUT2D eigenvalue weighted by atomic mass is 10.1. The first-order valence-electron chi connectivity index (χ1n) is 7.59. The number of hydrogen-bond acceptors (Lipinski definition) is 6. The molecule has 0 saturated carbocycles. The minimum Gasteiger partial charge on any atom is -0.382 e. The van der Waals surface area contributed by atoms with Gasteiger partial charge in [0.15, 0.2) is 5.76 Å². The zero-order valence-corrected chi connectivity index (χ0v) is 13.2. The molecule has 0 spiro atoms. The Morgan fingerprint density at radius 1 is 1.52 bits per heavy atom. The third-order valence-corrected chi connectivity index (χ3v) is 3.55. The van der Waals surface area contributed by atoms with Crippen LogP contribution in [0.3, 0.4) is 0 Å². The van der Waals surface area contributed by atoms with Crippen LogP contribution in [-0.4, -0.2) is 32.7 Å². The minimum atomic E-state index is -0.622. The van der Waals surface area contributed by atoms with E-state index in [-0.39, 0.29) is 12.5 Å². The summed E-state index contributed by atoms with van der Waals surface area (Å²) in [5, 5.41) is 14.8. The van der Waals surface area contributed by atoms with Gasteiger partial charge in [0, 0.05) is 31.3 Å². The quantitative estimate of drug-likeness (QED) is 0.863. The summed E-state index contributed by atoms with van der Waals surface area (Å²) in [6, 6.07) is 1.86. The molecule has 1 aliphatic rings. The second-order valence-electron chi connectivity index (χ2n) is 5.49. The van der Waals surface area contributed by atoms with Crippen LogP contribution in [-0.2, 0) is 29.6 Å². The molecule has 0 fully saturated rings. The van der Waals surface area contributed by atoms with Crippen molar-refractivity contribution in [3.63, 3.8) is 0 Å². The zero-order chi connectivity index (χ0) is 16.2. The fraction of sp³-hybridized carbons (Fsp3) is 0.467. The highest BCUT2D eigenvalue weighted by atomic mass is 16.6. The van der Waals surface area contributed by atoms with E-state index in [9.17, 15) is 4.79 Å². The number of carbonyl (C=O) groups excluding carboxylic acids is 1. The molecule has 0 saturated heterocycles. The Kier molecular flexibility index (Phi) is 4.40. The van der Waals surface area contributed by atoms with Gasteiger partial charge in [-0.25, -0.2) is 0 Å². The summed E-state index contributed by atoms with van der Waals surface area (Å²) < 4.78 is 6.86. The molecule has 0 radical (unpaired) electrons. The number of nitrogens with one attached hydrogen (secondary N) is 1. The molecule has 1 N–H and O–H groups in total. The van der Waals surface area contributed by atoms with E-state index in [4.69, 9.17) is 9.36 Å². The lowest BCUT2D eigenvalue weighted by Crippen LogP contribution is -2.34. The van der Waals surface area contributed by atoms with Gasteiger partial charge in [0.25, 0.3) is 5.91 Å². The van der Waals surface area contributed by atoms with Crippen molar-refractivity contribution in [1.82, 2.24) is 20.3 Å². The fourth-order valence-electron chi connectivity index (χ4n) is 2.36. The second kappa shape index (κ2) is 6.64. The molecule has 23 heavy (non-hydrogen) atoms. The summed E-state index contributed by atoms with van der Waals surface area (Å²) in [6.07, 6.45) is 5.21. The molecule has 0 unspecified atom stereocenters. The second-order valence-corrected chi connectivity index (χ2v) is 5.49. The van der Waals surface area contributed by atoms with Crippen molar-refractivity contribution in [2.45, 2.75) is 38.8 Å². The molecule has 1 amide bonds. The maximum atomic E-state index is 12.1. The molecule has 3 rings (SSSR count). The molecular weight excluding hydrogens is 298 g/mol. The lowest BCUT2D eigenvalue weighted by Gasteiger charge is -2.07. The van der Waals surface area contributed by atoms with Gasteiger partial charge in [-0.3, -0.25) is 9.48 Å². The maximum absolute atomic E-state index is 12.1. The van der Waals surface area contributed by atoms with E-state index in [2.05, 4.69) is 27.7 Å². The summed E-state index contributed by atoms with van der Waals surface area (Å²) in [5.41, 5.74) is 2.49. The number of carbonyl (C=O) groups is 1. The highest BCUT2D eigenvalue weighted by molar-refractivity contribution is 6.03. The van der Waals surface area contributed by atoms with Crippen molar-refractivity contribution >= 4 is 11.6 Å². The van der Waals surface area contributed by atoms with Crippen molar-refractivity contribution in [1.29, 1.82) is 0 Å². The molecule has 2 aromatic heterocycles. The first kappa shape index (κ1) is 15.3. The molecule has 0 aliphatic carbocycles. The molecule has 122 valence electrons. The molecule has 0 aromatic carbocycles. The van der Waals surface area contributed by atoms with Gasteiger partial charge in [-0.1, -0.05) is 23.7 Å². The molecule has 1 aliphatic heterocycles. The van der Waals surface area contributed by atoms with E-state index in [1.165, 1.54) is 0 Å². The number of rotatable bonds is 6. The third kappa shape index (κ3) is 3.58. The Labute approximate surface area is 133 Å². The Morgan fingerprint density at radius 2 is 2.39 bits per heavy atom. The van der Waals surface area contributed by atoms with Gasteiger partial charge >= 0.3 is 0 Å². The maximum Gasteiger partial charge on any atom is 0.264 e. The fourth-order valence-corrected chi connectivity index (χ4v) is 2.36. The Morgan fingerprint density at radius 3 is 3.13 bits per heavy atom. The van der Waals surface area contributed by atoms with Crippen LogP contribution in [0.25, 0.3) is 0 Å². The van der Waals surface area contributed by atoms with Crippen LogP contribution in [0.5, 0.6) is 0 Å². The number of oxime groups is 1. The minimum absolute atomic E-state index is 0.221. The molecule has 8 nitrogen and oxygen atoms in total. The van der Waals surface area contributed by atoms with Gasteiger partial charge < -0.3 is 14.7 Å². The van der Waals surface area contributed by atoms with Crippen LogP contribution in [0.2, 0.25) is 0 Å². The van der Waals surface area contributed by atoms with E-state index >= 15 is 0 Å². The number of aromatic nitrogens is 3. The number of hydrogen-bond donors (Lipinski definition) is 1. The molecule has 3 heterocycles. The molecule has 2 aromatic rings. The monoisotopic (exact) mass is 317 g/mol. The summed E-state index contributed by atoms with van der Waals surface area (Å²) in [4.78, 5) is 17.4. The van der Waals surface area contributed by atoms with Crippen molar-refractivity contribution in [3.05, 3.63) is 35.5 Å². The Bertz CT molecular complexity index is 718. The first-order valence-corrected chi connectivity index (χ1v) is 7.59. The molecule has 1 atom stereocenters. The Balaban J connectivity index is 1.50. The van der Waals surface area contributed by atoms with Gasteiger partial charge in [-0.15, -0.1) is 0 Å². The van der Waals surface area contributed by atoms with E-state index in [0.29, 0.717) is 12.2 Å². The van der Waals surface area contributed by atoms with Gasteiger partial charge in [0.1, 0.15) is 0 Å². The predicted octanol–water partition coefficient (Wildman–Crippen LogP) is 1.17. The van der Waals surface area contributed by atoms with E-state index in [1.807, 2.05) is 19.3 Å². The van der Waals surface area contributed by atoms with Crippen LogP contribution in [0.1, 0.15) is 36.8 Å². The standard InChI is InChI=1S/C15H19N5O3/c1-3-4-11-5-12(22-18-11)8-16-15(21)14-6-13(19-23-14)10-7-17-20(2)9-10/h5,7,9,14H,3-4,6,8H2,1-2H3,(H,16,21)/t14-/m1/s1. The smallest absolute Gasteiger partial charge is 0.264 e. The van der Waals surface area contributed by atoms with Crippen LogP contribution in [0.4, 0.5) is 0 Å². The van der Waals surface area contributed by atoms with Crippen molar-refractivity contribution in [2.24, 2.45) is 12.2 Å². The number of aryl methyl sites for hydroxylation is 2. The van der Waals surface area contributed by atoms with Crippen LogP contribution >= 0.6 is 0 Å². The van der Waals surface area contributed by atoms with Gasteiger partial charge in [0.2, 0.25) is 6.10 Å². The number of nitrogens with zero attached hydrogens (tertiary/aromatic N) is 4. The zero-order valence-electron chi connectivity index (χ0n) is 13.2. The van der Waals surface area contributed by atoms with Crippen LogP contribution in [0.15, 0.2) is 28.1 Å². The molecule has 0 bridgehead atoms. The SMILES string of the molecule is CCCc1cc(CNC(=O)[C@H]2CC(c3cnn(C)c3)=NO2)on1. The van der Waals surface area contributed by atoms with Gasteiger partial charge in [0.05, 0.1) is 24.1 Å². The van der Waals surface area contributed by atoms with E-state index in [0.717, 1.165) is 29.8 Å². The van der Waals surface area contributed by atoms with Crippen molar-refractivity contribution in [3.8, 4) is 0 Å². The van der Waals surface area contributed by atoms with Gasteiger partial charge in [-0.05, 0) is 6.42 Å². The highest BCUT2D eigenvalue weighted by Crippen LogP contribution is 2.16. The number of amides is 1. The summed E-state index contributed by atoms with van der Waals surface area (Å²) in [7, 11) is 1.83. The summed E-state index contributed by atoms with van der Waals surface area (Å²) in [6.45, 7) is 2.37. The lowest BCUT2D eigenvalue weighted by molar-refractivity contribution is -0.131. The van der Waals surface area contributed by atoms with E-state index < -0.39 is 6.10 Å². The summed E-state index contributed by atoms with van der Waals surface area (Å²) in [5.74, 6) is 0.411. The molecular formula is C15H19N5O3. The predicted molar refractivity (Wildman–Crippen MR) is 81.6 cm³/mol. The largest absolute Gasteiger partial charge is 0.382 e. The van der Waals surface area contributed by atoms with Crippen LogP contribution in [0, 0.1) is 0 Å². The Hall–Kier alpha value is -2.64. The van der Waals surface area contributed by atoms with Crippen molar-refractivity contribution in [2.75, 3.05) is 0 Å².